The minimum absolute atomic E-state index is 0.195. The minimum Gasteiger partial charge on any atom is -0.303 e. The van der Waals surface area contributed by atoms with Gasteiger partial charge in [0, 0.05) is 30.1 Å². The number of hydrogen-bond acceptors (Lipinski definition) is 4. The van der Waals surface area contributed by atoms with Crippen molar-refractivity contribution in [3.8, 4) is 17.1 Å². The van der Waals surface area contributed by atoms with Gasteiger partial charge in [0.1, 0.15) is 17.1 Å². The molecule has 5 nitrogen and oxygen atoms in total. The third kappa shape index (κ3) is 2.76. The Morgan fingerprint density at radius 1 is 1.27 bits per heavy atom. The van der Waals surface area contributed by atoms with Gasteiger partial charge >= 0.3 is 0 Å². The first-order valence-electron chi connectivity index (χ1n) is 6.76. The summed E-state index contributed by atoms with van der Waals surface area (Å²) in [6.45, 7) is 1.85. The number of nitrogens with zero attached hydrogens (tertiary/aromatic N) is 4. The molecule has 0 saturated heterocycles. The molecule has 3 aromatic heterocycles. The Bertz CT molecular complexity index is 814. The van der Waals surface area contributed by atoms with Crippen molar-refractivity contribution in [3.05, 3.63) is 59.1 Å². The zero-order chi connectivity index (χ0) is 15.5. The molecule has 0 aromatic carbocycles. The van der Waals surface area contributed by atoms with Gasteiger partial charge < -0.3 is 4.79 Å². The topological polar surface area (TPSA) is 60.7 Å². The first kappa shape index (κ1) is 14.4. The van der Waals surface area contributed by atoms with E-state index in [2.05, 4.69) is 15.1 Å². The molecule has 0 aliphatic carbocycles. The van der Waals surface area contributed by atoms with Crippen LogP contribution in [0.25, 0.3) is 17.1 Å². The van der Waals surface area contributed by atoms with Gasteiger partial charge in [-0.25, -0.2) is 9.67 Å². The molecule has 22 heavy (non-hydrogen) atoms. The molecule has 110 valence electrons. The van der Waals surface area contributed by atoms with Crippen LogP contribution in [0.2, 0.25) is 5.15 Å². The van der Waals surface area contributed by atoms with Crippen LogP contribution in [0.5, 0.6) is 0 Å². The maximum atomic E-state index is 10.9. The predicted molar refractivity (Wildman–Crippen MR) is 84.1 cm³/mol. The van der Waals surface area contributed by atoms with Crippen molar-refractivity contribution in [3.63, 3.8) is 0 Å². The molecule has 0 aliphatic rings. The number of aromatic nitrogens is 4. The summed E-state index contributed by atoms with van der Waals surface area (Å²) >= 11 is 6.16. The molecule has 3 aromatic rings. The van der Waals surface area contributed by atoms with E-state index in [0.717, 1.165) is 29.1 Å². The number of carbonyl (C=O) groups is 1. The fourth-order valence-corrected chi connectivity index (χ4v) is 2.54. The number of aryl methyl sites for hydroxylation is 1. The average Bonchev–Trinajstić information content (AvgIpc) is 3.00. The van der Waals surface area contributed by atoms with E-state index in [0.29, 0.717) is 10.7 Å². The van der Waals surface area contributed by atoms with Gasteiger partial charge in [0.15, 0.2) is 0 Å². The SMILES string of the molecule is Cc1cc(-n2ccc(-c3ccccn3)n2)c(CC=O)c(Cl)n1. The van der Waals surface area contributed by atoms with Crippen molar-refractivity contribution in [1.29, 1.82) is 0 Å². The molecule has 3 heterocycles. The van der Waals surface area contributed by atoms with Crippen LogP contribution in [-0.4, -0.2) is 26.0 Å². The molecule has 6 heteroatoms. The summed E-state index contributed by atoms with van der Waals surface area (Å²) in [5, 5.41) is 4.86. The second-order valence-corrected chi connectivity index (χ2v) is 5.14. The van der Waals surface area contributed by atoms with Gasteiger partial charge in [0.05, 0.1) is 11.4 Å². The molecule has 0 fully saturated rings. The molecule has 0 saturated carbocycles. The Morgan fingerprint density at radius 2 is 2.14 bits per heavy atom. The summed E-state index contributed by atoms with van der Waals surface area (Å²) in [7, 11) is 0. The van der Waals surface area contributed by atoms with Crippen molar-refractivity contribution < 1.29 is 4.79 Å². The van der Waals surface area contributed by atoms with Crippen LogP contribution >= 0.6 is 11.6 Å². The van der Waals surface area contributed by atoms with Crippen LogP contribution in [0, 0.1) is 6.92 Å². The predicted octanol–water partition coefficient (Wildman–Crippen LogP) is 3.03. The van der Waals surface area contributed by atoms with Crippen molar-refractivity contribution >= 4 is 17.9 Å². The maximum Gasteiger partial charge on any atom is 0.135 e. The Kier molecular flexibility index (Phi) is 3.98. The maximum absolute atomic E-state index is 10.9. The lowest BCUT2D eigenvalue weighted by molar-refractivity contribution is -0.107. The number of pyridine rings is 2. The summed E-state index contributed by atoms with van der Waals surface area (Å²) in [6, 6.07) is 9.39. The van der Waals surface area contributed by atoms with Crippen LogP contribution < -0.4 is 0 Å². The van der Waals surface area contributed by atoms with E-state index >= 15 is 0 Å². The summed E-state index contributed by atoms with van der Waals surface area (Å²) < 4.78 is 1.70. The second-order valence-electron chi connectivity index (χ2n) is 4.78. The van der Waals surface area contributed by atoms with Crippen molar-refractivity contribution in [2.45, 2.75) is 13.3 Å². The highest BCUT2D eigenvalue weighted by atomic mass is 35.5. The molecular formula is C16H13ClN4O. The highest BCUT2D eigenvalue weighted by Gasteiger charge is 2.13. The van der Waals surface area contributed by atoms with Gasteiger partial charge in [-0.15, -0.1) is 0 Å². The van der Waals surface area contributed by atoms with Crippen LogP contribution in [0.15, 0.2) is 42.7 Å². The van der Waals surface area contributed by atoms with Crippen LogP contribution in [0.4, 0.5) is 0 Å². The molecule has 0 spiro atoms. The molecular weight excluding hydrogens is 300 g/mol. The van der Waals surface area contributed by atoms with Crippen LogP contribution in [0.1, 0.15) is 11.3 Å². The quantitative estimate of drug-likeness (QED) is 0.549. The van der Waals surface area contributed by atoms with E-state index in [9.17, 15) is 4.79 Å². The molecule has 0 amide bonds. The lowest BCUT2D eigenvalue weighted by atomic mass is 10.1. The summed E-state index contributed by atoms with van der Waals surface area (Å²) in [6.07, 6.45) is 4.55. The van der Waals surface area contributed by atoms with E-state index < -0.39 is 0 Å². The first-order chi connectivity index (χ1) is 10.7. The number of carbonyl (C=O) groups excluding carboxylic acids is 1. The number of rotatable bonds is 4. The molecule has 0 N–H and O–H groups in total. The number of halogens is 1. The minimum atomic E-state index is 0.195. The van der Waals surface area contributed by atoms with Crippen molar-refractivity contribution in [1.82, 2.24) is 19.7 Å². The normalized spacial score (nSPS) is 10.6. The third-order valence-electron chi connectivity index (χ3n) is 3.23. The van der Waals surface area contributed by atoms with Gasteiger partial charge in [0.25, 0.3) is 0 Å². The highest BCUT2D eigenvalue weighted by Crippen LogP contribution is 2.24. The highest BCUT2D eigenvalue weighted by molar-refractivity contribution is 6.30. The first-order valence-corrected chi connectivity index (χ1v) is 7.14. The van der Waals surface area contributed by atoms with Crippen molar-refractivity contribution in [2.24, 2.45) is 0 Å². The summed E-state index contributed by atoms with van der Waals surface area (Å²) in [5.74, 6) is 0. The van der Waals surface area contributed by atoms with Crippen molar-refractivity contribution in [2.75, 3.05) is 0 Å². The monoisotopic (exact) mass is 312 g/mol. The molecule has 0 bridgehead atoms. The Morgan fingerprint density at radius 3 is 2.86 bits per heavy atom. The molecule has 0 radical (unpaired) electrons. The van der Waals surface area contributed by atoms with Gasteiger partial charge in [0.2, 0.25) is 0 Å². The lowest BCUT2D eigenvalue weighted by Gasteiger charge is -2.10. The fraction of sp³-hybridized carbons (Fsp3) is 0.125. The Hall–Kier alpha value is -2.53. The molecule has 0 aliphatic heterocycles. The van der Waals surface area contributed by atoms with E-state index in [1.54, 1.807) is 10.9 Å². The van der Waals surface area contributed by atoms with Gasteiger partial charge in [-0.3, -0.25) is 4.98 Å². The van der Waals surface area contributed by atoms with Gasteiger partial charge in [-0.1, -0.05) is 17.7 Å². The average molecular weight is 313 g/mol. The summed E-state index contributed by atoms with van der Waals surface area (Å²) in [4.78, 5) is 19.4. The lowest BCUT2D eigenvalue weighted by Crippen LogP contribution is -2.05. The molecule has 3 rings (SSSR count). The van der Waals surface area contributed by atoms with E-state index in [-0.39, 0.29) is 6.42 Å². The van der Waals surface area contributed by atoms with E-state index in [1.165, 1.54) is 0 Å². The summed E-state index contributed by atoms with van der Waals surface area (Å²) in [5.41, 5.74) is 3.73. The zero-order valence-corrected chi connectivity index (χ0v) is 12.7. The third-order valence-corrected chi connectivity index (χ3v) is 3.54. The van der Waals surface area contributed by atoms with Crippen LogP contribution in [-0.2, 0) is 11.2 Å². The van der Waals surface area contributed by atoms with Gasteiger partial charge in [-0.2, -0.15) is 5.10 Å². The standard InChI is InChI=1S/C16H13ClN4O/c1-11-10-15(12(6-9-22)16(17)19-11)21-8-5-14(20-21)13-4-2-3-7-18-13/h2-5,7-10H,6H2,1H3. The zero-order valence-electron chi connectivity index (χ0n) is 11.9. The number of hydrogen-bond donors (Lipinski definition) is 0. The number of aldehydes is 1. The molecule has 0 atom stereocenters. The van der Waals surface area contributed by atoms with Crippen LogP contribution in [0.3, 0.4) is 0 Å². The second kappa shape index (κ2) is 6.07. The Labute approximate surface area is 132 Å². The molecule has 0 unspecified atom stereocenters. The van der Waals surface area contributed by atoms with Gasteiger partial charge in [-0.05, 0) is 31.2 Å². The Balaban J connectivity index is 2.09. The largest absolute Gasteiger partial charge is 0.303 e. The van der Waals surface area contributed by atoms with E-state index in [4.69, 9.17) is 11.6 Å². The smallest absolute Gasteiger partial charge is 0.135 e. The van der Waals surface area contributed by atoms with E-state index in [1.807, 2.05) is 43.5 Å². The fourth-order valence-electron chi connectivity index (χ4n) is 2.23.